The van der Waals surface area contributed by atoms with Crippen LogP contribution in [0.1, 0.15) is 17.3 Å². The number of carbonyl (C=O) groups excluding carboxylic acids is 2. The van der Waals surface area contributed by atoms with Gasteiger partial charge < -0.3 is 10.1 Å². The summed E-state index contributed by atoms with van der Waals surface area (Å²) in [4.78, 5) is 31.6. The molecule has 0 aliphatic heterocycles. The standard InChI is InChI=1S/C22H18N2O3S3/c1-2-27-22(26)19-15(16-9-5-11-28-16)12-30-21(19)24-18(25)13-29-17-8-3-6-14-7-4-10-23-20(14)17/h3-12H,2,13H2,1H3,(H,24,25). The van der Waals surface area contributed by atoms with Gasteiger partial charge in [0.15, 0.2) is 0 Å². The fraction of sp³-hybridized carbons (Fsp3) is 0.136. The van der Waals surface area contributed by atoms with E-state index in [0.717, 1.165) is 26.2 Å². The summed E-state index contributed by atoms with van der Waals surface area (Å²) in [5, 5.41) is 8.28. The molecule has 4 aromatic rings. The van der Waals surface area contributed by atoms with E-state index in [1.54, 1.807) is 24.5 Å². The molecule has 0 atom stereocenters. The summed E-state index contributed by atoms with van der Waals surface area (Å²) < 4.78 is 5.23. The number of amides is 1. The van der Waals surface area contributed by atoms with E-state index in [0.29, 0.717) is 10.6 Å². The van der Waals surface area contributed by atoms with Gasteiger partial charge in [0.05, 0.1) is 17.9 Å². The molecule has 152 valence electrons. The first kappa shape index (κ1) is 20.6. The summed E-state index contributed by atoms with van der Waals surface area (Å²) in [6.45, 7) is 2.04. The Labute approximate surface area is 186 Å². The molecule has 8 heteroatoms. The number of thioether (sulfide) groups is 1. The molecule has 0 aliphatic rings. The fourth-order valence-electron chi connectivity index (χ4n) is 2.97. The number of nitrogens with zero attached hydrogens (tertiary/aromatic N) is 1. The van der Waals surface area contributed by atoms with Crippen LogP contribution in [0.3, 0.4) is 0 Å². The lowest BCUT2D eigenvalue weighted by atomic mass is 10.1. The van der Waals surface area contributed by atoms with Crippen LogP contribution in [0.25, 0.3) is 21.3 Å². The van der Waals surface area contributed by atoms with Crippen molar-refractivity contribution >= 4 is 62.2 Å². The van der Waals surface area contributed by atoms with Gasteiger partial charge in [-0.1, -0.05) is 24.3 Å². The summed E-state index contributed by atoms with van der Waals surface area (Å²) in [7, 11) is 0. The summed E-state index contributed by atoms with van der Waals surface area (Å²) >= 11 is 4.30. The monoisotopic (exact) mass is 454 g/mol. The lowest BCUT2D eigenvalue weighted by Gasteiger charge is -2.09. The Balaban J connectivity index is 1.52. The number of ether oxygens (including phenoxy) is 1. The van der Waals surface area contributed by atoms with Crippen LogP contribution in [0, 0.1) is 0 Å². The number of carbonyl (C=O) groups is 2. The molecular formula is C22H18N2O3S3. The molecule has 0 saturated carbocycles. The minimum atomic E-state index is -0.427. The summed E-state index contributed by atoms with van der Waals surface area (Å²) in [6, 6.07) is 13.7. The van der Waals surface area contributed by atoms with Gasteiger partial charge in [-0.25, -0.2) is 4.79 Å². The van der Waals surface area contributed by atoms with Crippen molar-refractivity contribution in [1.82, 2.24) is 4.98 Å². The van der Waals surface area contributed by atoms with E-state index in [4.69, 9.17) is 4.74 Å². The van der Waals surface area contributed by atoms with Crippen LogP contribution >= 0.6 is 34.4 Å². The SMILES string of the molecule is CCOC(=O)c1c(-c2cccs2)csc1NC(=O)CSc1cccc2cccnc12. The molecule has 0 bridgehead atoms. The van der Waals surface area contributed by atoms with E-state index >= 15 is 0 Å². The van der Waals surface area contributed by atoms with Crippen LogP contribution in [-0.4, -0.2) is 29.2 Å². The van der Waals surface area contributed by atoms with Crippen molar-refractivity contribution in [2.75, 3.05) is 17.7 Å². The highest BCUT2D eigenvalue weighted by Gasteiger charge is 2.23. The number of hydrogen-bond acceptors (Lipinski definition) is 7. The quantitative estimate of drug-likeness (QED) is 0.277. The third-order valence-electron chi connectivity index (χ3n) is 4.26. The van der Waals surface area contributed by atoms with Crippen molar-refractivity contribution in [3.63, 3.8) is 0 Å². The Hall–Kier alpha value is -2.68. The average molecular weight is 455 g/mol. The average Bonchev–Trinajstić information content (AvgIpc) is 3.42. The van der Waals surface area contributed by atoms with E-state index in [1.807, 2.05) is 53.2 Å². The van der Waals surface area contributed by atoms with E-state index in [1.165, 1.54) is 23.1 Å². The largest absolute Gasteiger partial charge is 0.462 e. The molecule has 0 radical (unpaired) electrons. The number of fused-ring (bicyclic) bond motifs is 1. The second-order valence-electron chi connectivity index (χ2n) is 6.22. The van der Waals surface area contributed by atoms with Gasteiger partial charge >= 0.3 is 5.97 Å². The Bertz CT molecular complexity index is 1180. The molecule has 1 amide bonds. The highest BCUT2D eigenvalue weighted by atomic mass is 32.2. The number of para-hydroxylation sites is 1. The van der Waals surface area contributed by atoms with E-state index in [9.17, 15) is 9.59 Å². The summed E-state index contributed by atoms with van der Waals surface area (Å²) in [5.74, 6) is -0.397. The molecule has 0 aliphatic carbocycles. The van der Waals surface area contributed by atoms with Crippen LogP contribution in [0.4, 0.5) is 5.00 Å². The van der Waals surface area contributed by atoms with Crippen molar-refractivity contribution in [1.29, 1.82) is 0 Å². The predicted octanol–water partition coefficient (Wildman–Crippen LogP) is 5.93. The number of pyridine rings is 1. The highest BCUT2D eigenvalue weighted by Crippen LogP contribution is 2.38. The number of thiophene rings is 2. The number of rotatable bonds is 7. The van der Waals surface area contributed by atoms with E-state index < -0.39 is 5.97 Å². The topological polar surface area (TPSA) is 68.3 Å². The number of hydrogen-bond donors (Lipinski definition) is 1. The number of esters is 1. The van der Waals surface area contributed by atoms with Gasteiger partial charge in [0.1, 0.15) is 10.6 Å². The molecule has 1 aromatic carbocycles. The first-order chi connectivity index (χ1) is 14.7. The van der Waals surface area contributed by atoms with E-state index in [-0.39, 0.29) is 18.3 Å². The van der Waals surface area contributed by atoms with Crippen molar-refractivity contribution < 1.29 is 14.3 Å². The summed E-state index contributed by atoms with van der Waals surface area (Å²) in [6.07, 6.45) is 1.75. The minimum Gasteiger partial charge on any atom is -0.462 e. The van der Waals surface area contributed by atoms with Crippen molar-refractivity contribution in [2.45, 2.75) is 11.8 Å². The smallest absolute Gasteiger partial charge is 0.341 e. The first-order valence-electron chi connectivity index (χ1n) is 9.26. The van der Waals surface area contributed by atoms with Crippen LogP contribution < -0.4 is 5.32 Å². The normalized spacial score (nSPS) is 10.8. The lowest BCUT2D eigenvalue weighted by Crippen LogP contribution is -2.16. The number of anilines is 1. The maximum absolute atomic E-state index is 12.7. The molecule has 0 spiro atoms. The molecule has 0 saturated heterocycles. The minimum absolute atomic E-state index is 0.182. The highest BCUT2D eigenvalue weighted by molar-refractivity contribution is 8.00. The zero-order valence-corrected chi connectivity index (χ0v) is 18.5. The van der Waals surface area contributed by atoms with Crippen molar-refractivity contribution in [3.8, 4) is 10.4 Å². The molecular weight excluding hydrogens is 436 g/mol. The van der Waals surface area contributed by atoms with Crippen LogP contribution in [-0.2, 0) is 9.53 Å². The first-order valence-corrected chi connectivity index (χ1v) is 12.0. The Morgan fingerprint density at radius 2 is 2.00 bits per heavy atom. The third-order valence-corrected chi connectivity index (χ3v) is 7.11. The second kappa shape index (κ2) is 9.42. The molecule has 3 heterocycles. The molecule has 1 N–H and O–H groups in total. The molecule has 5 nitrogen and oxygen atoms in total. The van der Waals surface area contributed by atoms with Gasteiger partial charge in [0, 0.05) is 32.3 Å². The van der Waals surface area contributed by atoms with Crippen molar-refractivity contribution in [2.24, 2.45) is 0 Å². The number of nitrogens with one attached hydrogen (secondary N) is 1. The zero-order valence-electron chi connectivity index (χ0n) is 16.1. The van der Waals surface area contributed by atoms with E-state index in [2.05, 4.69) is 10.3 Å². The molecule has 3 aromatic heterocycles. The van der Waals surface area contributed by atoms with Gasteiger partial charge in [0.25, 0.3) is 0 Å². The van der Waals surface area contributed by atoms with Crippen LogP contribution in [0.15, 0.2) is 64.3 Å². The van der Waals surface area contributed by atoms with Crippen molar-refractivity contribution in [3.05, 3.63) is 65.0 Å². The van der Waals surface area contributed by atoms with Gasteiger partial charge in [-0.15, -0.1) is 34.4 Å². The predicted molar refractivity (Wildman–Crippen MR) is 125 cm³/mol. The molecule has 30 heavy (non-hydrogen) atoms. The van der Waals surface area contributed by atoms with Gasteiger partial charge in [0.2, 0.25) is 5.91 Å². The Morgan fingerprint density at radius 1 is 1.13 bits per heavy atom. The Morgan fingerprint density at radius 3 is 2.80 bits per heavy atom. The fourth-order valence-corrected chi connectivity index (χ4v) is 5.60. The second-order valence-corrected chi connectivity index (χ2v) is 9.06. The number of aromatic nitrogens is 1. The Kier molecular flexibility index (Phi) is 6.47. The molecule has 0 fully saturated rings. The van der Waals surface area contributed by atoms with Gasteiger partial charge in [-0.3, -0.25) is 9.78 Å². The maximum atomic E-state index is 12.7. The molecule has 4 rings (SSSR count). The van der Waals surface area contributed by atoms with Gasteiger partial charge in [-0.05, 0) is 30.5 Å². The van der Waals surface area contributed by atoms with Crippen LogP contribution in [0.2, 0.25) is 0 Å². The zero-order chi connectivity index (χ0) is 20.9. The van der Waals surface area contributed by atoms with Gasteiger partial charge in [-0.2, -0.15) is 0 Å². The third kappa shape index (κ3) is 4.40. The lowest BCUT2D eigenvalue weighted by molar-refractivity contribution is -0.113. The maximum Gasteiger partial charge on any atom is 0.341 e. The summed E-state index contributed by atoms with van der Waals surface area (Å²) in [5.41, 5.74) is 2.07. The number of benzene rings is 1. The van der Waals surface area contributed by atoms with Crippen LogP contribution in [0.5, 0.6) is 0 Å². The molecule has 0 unspecified atom stereocenters.